The third-order valence-corrected chi connectivity index (χ3v) is 5.50. The lowest BCUT2D eigenvalue weighted by molar-refractivity contribution is 0.317. The molecule has 0 heterocycles. The number of hydrogen-bond donors (Lipinski definition) is 1. The zero-order valence-corrected chi connectivity index (χ0v) is 14.5. The average molecular weight is 379 g/mol. The van der Waals surface area contributed by atoms with Gasteiger partial charge in [-0.1, -0.05) is 34.1 Å². The highest BCUT2D eigenvalue weighted by Crippen LogP contribution is 2.55. The lowest BCUT2D eigenvalue weighted by Gasteiger charge is -2.43. The van der Waals surface area contributed by atoms with Crippen LogP contribution in [0.5, 0.6) is 0 Å². The summed E-state index contributed by atoms with van der Waals surface area (Å²) in [5, 5.41) is 29.3. The Labute approximate surface area is 149 Å². The molecule has 0 saturated carbocycles. The van der Waals surface area contributed by atoms with Crippen molar-refractivity contribution >= 4 is 15.9 Å². The quantitative estimate of drug-likeness (QED) is 0.796. The second kappa shape index (κ2) is 6.16. The lowest BCUT2D eigenvalue weighted by atomic mass is 9.57. The van der Waals surface area contributed by atoms with Crippen LogP contribution in [0.2, 0.25) is 0 Å². The van der Waals surface area contributed by atoms with E-state index in [1.54, 1.807) is 0 Å². The molecule has 5 heteroatoms. The van der Waals surface area contributed by atoms with Gasteiger partial charge in [-0.3, -0.25) is 0 Å². The van der Waals surface area contributed by atoms with Gasteiger partial charge in [-0.2, -0.15) is 15.8 Å². The van der Waals surface area contributed by atoms with E-state index in [0.29, 0.717) is 5.57 Å². The van der Waals surface area contributed by atoms with Crippen LogP contribution in [0.4, 0.5) is 0 Å². The molecule has 0 fully saturated rings. The molecule has 1 aromatic carbocycles. The molecule has 2 unspecified atom stereocenters. The van der Waals surface area contributed by atoms with Gasteiger partial charge in [0, 0.05) is 10.4 Å². The molecule has 0 radical (unpaired) electrons. The number of nitrogens with two attached hydrogens (primary N) is 1. The van der Waals surface area contributed by atoms with Crippen molar-refractivity contribution in [3.05, 3.63) is 57.2 Å². The van der Waals surface area contributed by atoms with E-state index >= 15 is 0 Å². The molecule has 2 atom stereocenters. The van der Waals surface area contributed by atoms with Crippen LogP contribution in [0.25, 0.3) is 0 Å². The Morgan fingerprint density at radius 3 is 2.58 bits per heavy atom. The molecule has 24 heavy (non-hydrogen) atoms. The fourth-order valence-corrected chi connectivity index (χ4v) is 4.37. The van der Waals surface area contributed by atoms with Crippen LogP contribution in [0.15, 0.2) is 51.7 Å². The minimum absolute atomic E-state index is 0.0469. The number of hydrogen-bond acceptors (Lipinski definition) is 4. The van der Waals surface area contributed by atoms with Crippen LogP contribution in [-0.4, -0.2) is 0 Å². The van der Waals surface area contributed by atoms with Gasteiger partial charge < -0.3 is 5.73 Å². The molecule has 0 spiro atoms. The minimum atomic E-state index is -1.52. The summed E-state index contributed by atoms with van der Waals surface area (Å²) >= 11 is 3.46. The number of benzene rings is 1. The van der Waals surface area contributed by atoms with E-state index in [2.05, 4.69) is 34.1 Å². The first-order valence-corrected chi connectivity index (χ1v) is 8.57. The average Bonchev–Trinajstić information content (AvgIpc) is 2.61. The number of fused-ring (bicyclic) bond motifs is 1. The van der Waals surface area contributed by atoms with E-state index in [0.717, 1.165) is 34.9 Å². The Kier molecular flexibility index (Phi) is 4.18. The van der Waals surface area contributed by atoms with Crippen LogP contribution < -0.4 is 5.73 Å². The number of nitrogens with zero attached hydrogens (tertiary/aromatic N) is 3. The van der Waals surface area contributed by atoms with Crippen LogP contribution >= 0.6 is 15.9 Å². The van der Waals surface area contributed by atoms with Crippen LogP contribution in [0.1, 0.15) is 30.7 Å². The summed E-state index contributed by atoms with van der Waals surface area (Å²) in [7, 11) is 0. The number of allylic oxidation sites excluding steroid dienone is 4. The zero-order chi connectivity index (χ0) is 17.3. The second-order valence-corrected chi connectivity index (χ2v) is 7.08. The van der Waals surface area contributed by atoms with E-state index in [4.69, 9.17) is 5.73 Å². The molecule has 118 valence electrons. The molecule has 0 aliphatic heterocycles. The van der Waals surface area contributed by atoms with Gasteiger partial charge in [0.25, 0.3) is 0 Å². The first-order valence-electron chi connectivity index (χ1n) is 7.77. The molecule has 2 aliphatic rings. The van der Waals surface area contributed by atoms with Crippen LogP contribution in [-0.2, 0) is 0 Å². The van der Waals surface area contributed by atoms with Gasteiger partial charge in [0.15, 0.2) is 5.41 Å². The number of rotatable bonds is 1. The van der Waals surface area contributed by atoms with Crippen molar-refractivity contribution < 1.29 is 0 Å². The van der Waals surface area contributed by atoms with Crippen molar-refractivity contribution in [1.29, 1.82) is 15.8 Å². The van der Waals surface area contributed by atoms with E-state index in [1.807, 2.05) is 30.3 Å². The first kappa shape index (κ1) is 16.3. The van der Waals surface area contributed by atoms with Crippen molar-refractivity contribution in [3.63, 3.8) is 0 Å². The standard InChI is InChI=1S/C19H15BrN4/c20-13-5-3-4-12(8-13)17-15-7-2-1-6-14(15)16(9-21)18(24)19(17,10-22)11-23/h3-6,8,15,17H,1-2,7,24H2. The Balaban J connectivity index is 2.34. The summed E-state index contributed by atoms with van der Waals surface area (Å²) in [6.07, 6.45) is 4.75. The highest BCUT2D eigenvalue weighted by Gasteiger charge is 2.53. The summed E-state index contributed by atoms with van der Waals surface area (Å²) in [5.41, 5.74) is 6.89. The van der Waals surface area contributed by atoms with Gasteiger partial charge in [0.2, 0.25) is 0 Å². The third kappa shape index (κ3) is 2.23. The van der Waals surface area contributed by atoms with Crippen molar-refractivity contribution in [2.75, 3.05) is 0 Å². The summed E-state index contributed by atoms with van der Waals surface area (Å²) in [4.78, 5) is 0. The van der Waals surface area contributed by atoms with E-state index in [-0.39, 0.29) is 17.5 Å². The minimum Gasteiger partial charge on any atom is -0.399 e. The highest BCUT2D eigenvalue weighted by molar-refractivity contribution is 9.10. The molecule has 2 aliphatic carbocycles. The molecule has 1 aromatic rings. The predicted molar refractivity (Wildman–Crippen MR) is 92.8 cm³/mol. The molecule has 0 amide bonds. The van der Waals surface area contributed by atoms with Crippen LogP contribution in [0, 0.1) is 45.3 Å². The lowest BCUT2D eigenvalue weighted by Crippen LogP contribution is -2.42. The molecular formula is C19H15BrN4. The van der Waals surface area contributed by atoms with Crippen molar-refractivity contribution in [2.45, 2.75) is 25.2 Å². The maximum atomic E-state index is 9.89. The molecule has 0 bridgehead atoms. The molecular weight excluding hydrogens is 364 g/mol. The highest BCUT2D eigenvalue weighted by atomic mass is 79.9. The summed E-state index contributed by atoms with van der Waals surface area (Å²) < 4.78 is 0.889. The predicted octanol–water partition coefficient (Wildman–Crippen LogP) is 4.04. The first-order chi connectivity index (χ1) is 11.6. The molecule has 3 rings (SSSR count). The fraction of sp³-hybridized carbons (Fsp3) is 0.316. The normalized spacial score (nSPS) is 24.8. The van der Waals surface area contributed by atoms with Crippen molar-refractivity contribution in [2.24, 2.45) is 17.1 Å². The zero-order valence-electron chi connectivity index (χ0n) is 13.0. The van der Waals surface area contributed by atoms with Crippen molar-refractivity contribution in [1.82, 2.24) is 0 Å². The van der Waals surface area contributed by atoms with E-state index in [9.17, 15) is 15.8 Å². The SMILES string of the molecule is N#CC1=C(N)C(C#N)(C#N)C(c2cccc(Br)c2)C2CCCC=C12. The van der Waals surface area contributed by atoms with E-state index < -0.39 is 5.41 Å². The summed E-state index contributed by atoms with van der Waals surface area (Å²) in [5.74, 6) is -0.428. The molecule has 0 aromatic heterocycles. The van der Waals surface area contributed by atoms with Gasteiger partial charge in [0.05, 0.1) is 23.4 Å². The van der Waals surface area contributed by atoms with Crippen LogP contribution in [0.3, 0.4) is 0 Å². The van der Waals surface area contributed by atoms with Gasteiger partial charge >= 0.3 is 0 Å². The second-order valence-electron chi connectivity index (χ2n) is 6.16. The number of halogens is 1. The van der Waals surface area contributed by atoms with E-state index in [1.165, 1.54) is 0 Å². The summed E-state index contributed by atoms with van der Waals surface area (Å²) in [6, 6.07) is 14.1. The van der Waals surface area contributed by atoms with Gasteiger partial charge in [-0.25, -0.2) is 0 Å². The molecule has 0 saturated heterocycles. The van der Waals surface area contributed by atoms with Crippen molar-refractivity contribution in [3.8, 4) is 18.2 Å². The largest absolute Gasteiger partial charge is 0.399 e. The Morgan fingerprint density at radius 2 is 1.96 bits per heavy atom. The Bertz CT molecular complexity index is 862. The monoisotopic (exact) mass is 378 g/mol. The molecule has 2 N–H and O–H groups in total. The smallest absolute Gasteiger partial charge is 0.191 e. The summed E-state index contributed by atoms with van der Waals surface area (Å²) in [6.45, 7) is 0. The van der Waals surface area contributed by atoms with Gasteiger partial charge in [-0.15, -0.1) is 0 Å². The van der Waals surface area contributed by atoms with Gasteiger partial charge in [-0.05, 0) is 48.4 Å². The third-order valence-electron chi connectivity index (χ3n) is 5.01. The number of nitriles is 3. The Hall–Kier alpha value is -2.55. The maximum absolute atomic E-state index is 9.89. The maximum Gasteiger partial charge on any atom is 0.191 e. The fourth-order valence-electron chi connectivity index (χ4n) is 3.95. The topological polar surface area (TPSA) is 97.4 Å². The Morgan fingerprint density at radius 1 is 1.21 bits per heavy atom. The van der Waals surface area contributed by atoms with Gasteiger partial charge in [0.1, 0.15) is 6.07 Å². The molecule has 4 nitrogen and oxygen atoms in total.